The van der Waals surface area contributed by atoms with Gasteiger partial charge < -0.3 is 10.2 Å². The van der Waals surface area contributed by atoms with Crippen molar-refractivity contribution in [1.82, 2.24) is 19.9 Å². The van der Waals surface area contributed by atoms with Crippen LogP contribution < -0.4 is 10.2 Å². The second kappa shape index (κ2) is 8.93. The number of halogens is 3. The second-order valence-corrected chi connectivity index (χ2v) is 9.00. The van der Waals surface area contributed by atoms with Gasteiger partial charge in [0.25, 0.3) is 5.91 Å². The number of pyridine rings is 1. The molecule has 0 radical (unpaired) electrons. The number of benzene rings is 1. The summed E-state index contributed by atoms with van der Waals surface area (Å²) in [6.07, 6.45) is 4.73. The Bertz CT molecular complexity index is 1210. The number of amides is 3. The van der Waals surface area contributed by atoms with Crippen molar-refractivity contribution in [3.05, 3.63) is 66.6 Å². The van der Waals surface area contributed by atoms with Crippen molar-refractivity contribution in [1.29, 1.82) is 0 Å². The van der Waals surface area contributed by atoms with E-state index >= 15 is 0 Å². The average Bonchev–Trinajstić information content (AvgIpc) is 2.94. The normalized spacial score (nSPS) is 15.7. The first-order chi connectivity index (χ1) is 16.0. The highest BCUT2D eigenvalue weighted by Crippen LogP contribution is 2.39. The summed E-state index contributed by atoms with van der Waals surface area (Å²) >= 11 is -0.262. The molecular weight excluding hydrogens is 469 g/mol. The molecule has 12 heteroatoms. The number of thioether (sulfide) groups is 1. The minimum Gasteiger partial charge on any atom is -0.309 e. The maximum absolute atomic E-state index is 13.2. The van der Waals surface area contributed by atoms with Gasteiger partial charge in [0, 0.05) is 30.0 Å². The van der Waals surface area contributed by atoms with Crippen molar-refractivity contribution >= 4 is 41.2 Å². The summed E-state index contributed by atoms with van der Waals surface area (Å²) in [7, 11) is 0. The fourth-order valence-electron chi connectivity index (χ4n) is 3.43. The van der Waals surface area contributed by atoms with Crippen LogP contribution in [-0.2, 0) is 11.3 Å². The molecule has 3 heterocycles. The lowest BCUT2D eigenvalue weighted by atomic mass is 10.0. The smallest absolute Gasteiger partial charge is 0.309 e. The molecular formula is C22H19F3N6O2S. The number of anilines is 3. The highest BCUT2D eigenvalue weighted by Gasteiger charge is 2.51. The van der Waals surface area contributed by atoms with Gasteiger partial charge in [-0.15, -0.1) is 0 Å². The number of nitrogens with zero attached hydrogens (tertiary/aromatic N) is 5. The zero-order valence-electron chi connectivity index (χ0n) is 18.1. The molecule has 34 heavy (non-hydrogen) atoms. The van der Waals surface area contributed by atoms with Gasteiger partial charge in [0.2, 0.25) is 5.95 Å². The van der Waals surface area contributed by atoms with Crippen LogP contribution in [0.5, 0.6) is 0 Å². The molecule has 1 aliphatic rings. The van der Waals surface area contributed by atoms with Gasteiger partial charge in [-0.25, -0.2) is 24.6 Å². The van der Waals surface area contributed by atoms with Gasteiger partial charge in [-0.2, -0.15) is 13.2 Å². The van der Waals surface area contributed by atoms with E-state index in [4.69, 9.17) is 0 Å². The number of carbonyl (C=O) groups excluding carboxylic acids is 2. The first kappa shape index (κ1) is 23.5. The van der Waals surface area contributed by atoms with Gasteiger partial charge in [-0.3, -0.25) is 4.79 Å². The number of hydrogen-bond acceptors (Lipinski definition) is 7. The zero-order chi connectivity index (χ0) is 24.5. The molecule has 1 saturated heterocycles. The van der Waals surface area contributed by atoms with Crippen molar-refractivity contribution in [3.63, 3.8) is 0 Å². The van der Waals surface area contributed by atoms with E-state index < -0.39 is 23.0 Å². The van der Waals surface area contributed by atoms with Crippen LogP contribution in [-0.4, -0.2) is 42.8 Å². The van der Waals surface area contributed by atoms with E-state index in [0.29, 0.717) is 17.3 Å². The second-order valence-electron chi connectivity index (χ2n) is 7.86. The van der Waals surface area contributed by atoms with Crippen molar-refractivity contribution < 1.29 is 22.8 Å². The molecule has 0 unspecified atom stereocenters. The molecule has 3 amide bonds. The minimum absolute atomic E-state index is 0.0364. The van der Waals surface area contributed by atoms with Gasteiger partial charge in [0.05, 0.1) is 5.69 Å². The van der Waals surface area contributed by atoms with Crippen molar-refractivity contribution in [2.24, 2.45) is 0 Å². The third kappa shape index (κ3) is 4.96. The number of aromatic nitrogens is 3. The van der Waals surface area contributed by atoms with Crippen LogP contribution in [0.4, 0.5) is 35.4 Å². The maximum atomic E-state index is 13.2. The largest absolute Gasteiger partial charge is 0.446 e. The molecule has 1 aliphatic heterocycles. The van der Waals surface area contributed by atoms with E-state index in [0.717, 1.165) is 4.90 Å². The number of imide groups is 1. The molecule has 3 aromatic rings. The number of urea groups is 1. The number of nitrogens with one attached hydrogen (secondary N) is 1. The number of hydrogen-bond donors (Lipinski definition) is 1. The predicted molar refractivity (Wildman–Crippen MR) is 120 cm³/mol. The van der Waals surface area contributed by atoms with E-state index in [1.165, 1.54) is 29.2 Å². The molecule has 2 aromatic heterocycles. The standard InChI is InChI=1S/C22H19F3N6O2S/c1-21(2)18(32)31(15-4-6-16(7-5-15)34-22(23,24)25)20(33)30(21)13-14-8-11-26-17(12-14)29-19-27-9-3-10-28-19/h3-12H,13H2,1-2H3,(H,26,27,28,29). The summed E-state index contributed by atoms with van der Waals surface area (Å²) < 4.78 is 37.8. The summed E-state index contributed by atoms with van der Waals surface area (Å²) in [5, 5.41) is 2.97. The molecule has 1 fully saturated rings. The average molecular weight is 488 g/mol. The number of alkyl halides is 3. The van der Waals surface area contributed by atoms with Gasteiger partial charge in [0.15, 0.2) is 0 Å². The van der Waals surface area contributed by atoms with E-state index in [2.05, 4.69) is 20.3 Å². The van der Waals surface area contributed by atoms with Crippen LogP contribution in [0.25, 0.3) is 0 Å². The predicted octanol–water partition coefficient (Wildman–Crippen LogP) is 4.97. The molecule has 8 nitrogen and oxygen atoms in total. The maximum Gasteiger partial charge on any atom is 0.446 e. The Morgan fingerprint density at radius 1 is 1.00 bits per heavy atom. The van der Waals surface area contributed by atoms with E-state index in [9.17, 15) is 22.8 Å². The fourth-order valence-corrected chi connectivity index (χ4v) is 3.97. The van der Waals surface area contributed by atoms with Crippen molar-refractivity contribution in [2.75, 3.05) is 10.2 Å². The summed E-state index contributed by atoms with van der Waals surface area (Å²) in [6, 6.07) is 9.68. The van der Waals surface area contributed by atoms with Gasteiger partial charge in [0.1, 0.15) is 11.4 Å². The minimum atomic E-state index is -4.43. The highest BCUT2D eigenvalue weighted by molar-refractivity contribution is 8.00. The SMILES string of the molecule is CC1(C)C(=O)N(c2ccc(SC(F)(F)F)cc2)C(=O)N1Cc1ccnc(Nc2ncccn2)c1. The van der Waals surface area contributed by atoms with Crippen molar-refractivity contribution in [3.8, 4) is 0 Å². The molecule has 0 atom stereocenters. The molecule has 1 aromatic carbocycles. The third-order valence-corrected chi connectivity index (χ3v) is 5.86. The lowest BCUT2D eigenvalue weighted by Crippen LogP contribution is -2.43. The Balaban J connectivity index is 1.54. The monoisotopic (exact) mass is 488 g/mol. The van der Waals surface area contributed by atoms with Gasteiger partial charge in [-0.1, -0.05) is 0 Å². The third-order valence-electron chi connectivity index (χ3n) is 5.12. The van der Waals surface area contributed by atoms with Crippen LogP contribution >= 0.6 is 11.8 Å². The summed E-state index contributed by atoms with van der Waals surface area (Å²) in [6.45, 7) is 3.36. The van der Waals surface area contributed by atoms with Crippen LogP contribution in [0.3, 0.4) is 0 Å². The van der Waals surface area contributed by atoms with Crippen molar-refractivity contribution in [2.45, 2.75) is 36.3 Å². The summed E-state index contributed by atoms with van der Waals surface area (Å²) in [4.78, 5) is 41.1. The molecule has 0 bridgehead atoms. The first-order valence-electron chi connectivity index (χ1n) is 10.1. The van der Waals surface area contributed by atoms with Gasteiger partial charge >= 0.3 is 11.5 Å². The number of carbonyl (C=O) groups is 2. The van der Waals surface area contributed by atoms with E-state index in [1.54, 1.807) is 50.6 Å². The molecule has 4 rings (SSSR count). The van der Waals surface area contributed by atoms with E-state index in [-0.39, 0.29) is 28.9 Å². The topological polar surface area (TPSA) is 91.3 Å². The molecule has 0 spiro atoms. The Kier molecular flexibility index (Phi) is 6.17. The fraction of sp³-hybridized carbons (Fsp3) is 0.227. The lowest BCUT2D eigenvalue weighted by Gasteiger charge is -2.27. The Morgan fingerprint density at radius 3 is 2.32 bits per heavy atom. The lowest BCUT2D eigenvalue weighted by molar-refractivity contribution is -0.123. The van der Waals surface area contributed by atoms with Gasteiger partial charge in [-0.05, 0) is 73.6 Å². The first-order valence-corrected chi connectivity index (χ1v) is 10.9. The Hall–Kier alpha value is -3.67. The summed E-state index contributed by atoms with van der Waals surface area (Å²) in [5.74, 6) is 0.353. The van der Waals surface area contributed by atoms with Crippen LogP contribution in [0.2, 0.25) is 0 Å². The van der Waals surface area contributed by atoms with Crippen LogP contribution in [0, 0.1) is 0 Å². The quantitative estimate of drug-likeness (QED) is 0.387. The Labute approximate surface area is 197 Å². The zero-order valence-corrected chi connectivity index (χ0v) is 18.9. The summed E-state index contributed by atoms with van der Waals surface area (Å²) in [5.41, 5.74) is -4.68. The Morgan fingerprint density at radius 2 is 1.68 bits per heavy atom. The highest BCUT2D eigenvalue weighted by atomic mass is 32.2. The number of rotatable bonds is 6. The molecule has 1 N–H and O–H groups in total. The van der Waals surface area contributed by atoms with Crippen LogP contribution in [0.15, 0.2) is 66.0 Å². The van der Waals surface area contributed by atoms with E-state index in [1.807, 2.05) is 0 Å². The molecule has 0 saturated carbocycles. The molecule has 0 aliphatic carbocycles. The molecule has 176 valence electrons. The van der Waals surface area contributed by atoms with Crippen LogP contribution in [0.1, 0.15) is 19.4 Å².